The van der Waals surface area contributed by atoms with Crippen LogP contribution in [0.25, 0.3) is 0 Å². The van der Waals surface area contributed by atoms with E-state index in [1.165, 1.54) is 11.8 Å². The highest BCUT2D eigenvalue weighted by Gasteiger charge is 2.12. The van der Waals surface area contributed by atoms with E-state index in [-0.39, 0.29) is 11.6 Å². The summed E-state index contributed by atoms with van der Waals surface area (Å²) in [6.07, 6.45) is 1.33. The second kappa shape index (κ2) is 5.69. The molecule has 1 unspecified atom stereocenters. The second-order valence-corrected chi connectivity index (χ2v) is 4.77. The lowest BCUT2D eigenvalue weighted by atomic mass is 10.1. The van der Waals surface area contributed by atoms with Crippen molar-refractivity contribution in [2.24, 2.45) is 0 Å². The summed E-state index contributed by atoms with van der Waals surface area (Å²) in [4.78, 5) is 19.1. The van der Waals surface area contributed by atoms with Gasteiger partial charge in [0.1, 0.15) is 0 Å². The molecule has 1 aromatic carbocycles. The number of carbonyl (C=O) groups is 1. The molecule has 1 heterocycles. The van der Waals surface area contributed by atoms with Crippen LogP contribution in [0.4, 0.5) is 5.95 Å². The number of anilines is 1. The number of hydrogen-bond acceptors (Lipinski definition) is 4. The zero-order valence-corrected chi connectivity index (χ0v) is 11.7. The van der Waals surface area contributed by atoms with E-state index in [4.69, 9.17) is 5.11 Å². The Morgan fingerprint density at radius 2 is 1.90 bits per heavy atom. The number of carboxylic acids is 1. The van der Waals surface area contributed by atoms with Crippen molar-refractivity contribution in [2.45, 2.75) is 26.8 Å². The fraction of sp³-hybridized carbons (Fsp3) is 0.267. The number of aromatic carboxylic acids is 1. The fourth-order valence-electron chi connectivity index (χ4n) is 1.88. The molecular formula is C15H17N3O2. The van der Waals surface area contributed by atoms with E-state index in [0.717, 1.165) is 5.56 Å². The van der Waals surface area contributed by atoms with Gasteiger partial charge < -0.3 is 10.4 Å². The number of nitrogens with one attached hydrogen (secondary N) is 1. The van der Waals surface area contributed by atoms with Gasteiger partial charge in [0.2, 0.25) is 5.95 Å². The molecule has 2 N–H and O–H groups in total. The third-order valence-corrected chi connectivity index (χ3v) is 3.13. The van der Waals surface area contributed by atoms with Gasteiger partial charge in [-0.1, -0.05) is 29.8 Å². The van der Waals surface area contributed by atoms with Gasteiger partial charge in [0.15, 0.2) is 0 Å². The Morgan fingerprint density at radius 1 is 1.25 bits per heavy atom. The minimum atomic E-state index is -1.01. The van der Waals surface area contributed by atoms with Gasteiger partial charge in [-0.2, -0.15) is 0 Å². The van der Waals surface area contributed by atoms with Gasteiger partial charge >= 0.3 is 5.97 Å². The zero-order chi connectivity index (χ0) is 14.7. The van der Waals surface area contributed by atoms with Crippen molar-refractivity contribution >= 4 is 11.9 Å². The van der Waals surface area contributed by atoms with Crippen LogP contribution in [0.1, 0.15) is 40.1 Å². The van der Waals surface area contributed by atoms with E-state index in [9.17, 15) is 4.79 Å². The number of carboxylic acid groups (broad SMARTS) is 1. The summed E-state index contributed by atoms with van der Waals surface area (Å²) in [5.74, 6) is -0.582. The maximum absolute atomic E-state index is 10.9. The van der Waals surface area contributed by atoms with Crippen molar-refractivity contribution in [3.05, 3.63) is 52.8 Å². The maximum Gasteiger partial charge on any atom is 0.339 e. The van der Waals surface area contributed by atoms with E-state index in [1.54, 1.807) is 6.92 Å². The van der Waals surface area contributed by atoms with E-state index in [0.29, 0.717) is 11.6 Å². The molecule has 2 aromatic rings. The molecule has 0 saturated heterocycles. The molecule has 0 radical (unpaired) electrons. The van der Waals surface area contributed by atoms with Crippen molar-refractivity contribution in [1.82, 2.24) is 9.97 Å². The zero-order valence-electron chi connectivity index (χ0n) is 11.7. The van der Waals surface area contributed by atoms with Crippen LogP contribution in [0.5, 0.6) is 0 Å². The van der Waals surface area contributed by atoms with Crippen molar-refractivity contribution in [2.75, 3.05) is 5.32 Å². The second-order valence-electron chi connectivity index (χ2n) is 4.77. The van der Waals surface area contributed by atoms with Gasteiger partial charge in [-0.25, -0.2) is 14.8 Å². The summed E-state index contributed by atoms with van der Waals surface area (Å²) in [6.45, 7) is 5.71. The molecular weight excluding hydrogens is 254 g/mol. The maximum atomic E-state index is 10.9. The van der Waals surface area contributed by atoms with Crippen molar-refractivity contribution in [1.29, 1.82) is 0 Å². The summed E-state index contributed by atoms with van der Waals surface area (Å²) in [5, 5.41) is 12.1. The molecule has 20 heavy (non-hydrogen) atoms. The Labute approximate surface area is 117 Å². The monoisotopic (exact) mass is 271 g/mol. The van der Waals surface area contributed by atoms with Crippen LogP contribution >= 0.6 is 0 Å². The molecule has 104 valence electrons. The molecule has 1 aromatic heterocycles. The Kier molecular flexibility index (Phi) is 3.98. The van der Waals surface area contributed by atoms with Crippen molar-refractivity contribution in [3.63, 3.8) is 0 Å². The lowest BCUT2D eigenvalue weighted by Gasteiger charge is -2.15. The van der Waals surface area contributed by atoms with E-state index < -0.39 is 5.97 Å². The minimum absolute atomic E-state index is 0.0469. The molecule has 1 atom stereocenters. The third-order valence-electron chi connectivity index (χ3n) is 3.13. The Bertz CT molecular complexity index is 624. The van der Waals surface area contributed by atoms with Crippen LogP contribution in [-0.4, -0.2) is 21.0 Å². The van der Waals surface area contributed by atoms with Crippen LogP contribution < -0.4 is 5.32 Å². The van der Waals surface area contributed by atoms with Crippen LogP contribution in [0, 0.1) is 13.8 Å². The van der Waals surface area contributed by atoms with Crippen LogP contribution in [0.3, 0.4) is 0 Å². The molecule has 0 aliphatic rings. The predicted octanol–water partition coefficient (Wildman–Crippen LogP) is 2.96. The number of hydrogen-bond donors (Lipinski definition) is 2. The molecule has 2 rings (SSSR count). The Morgan fingerprint density at radius 3 is 2.45 bits per heavy atom. The highest BCUT2D eigenvalue weighted by Crippen LogP contribution is 2.18. The molecule has 0 aliphatic carbocycles. The summed E-state index contributed by atoms with van der Waals surface area (Å²) in [6, 6.07) is 8.24. The molecule has 0 saturated carbocycles. The fourth-order valence-corrected chi connectivity index (χ4v) is 1.88. The molecule has 5 nitrogen and oxygen atoms in total. The van der Waals surface area contributed by atoms with Crippen molar-refractivity contribution < 1.29 is 9.90 Å². The smallest absolute Gasteiger partial charge is 0.339 e. The van der Waals surface area contributed by atoms with Crippen LogP contribution in [-0.2, 0) is 0 Å². The standard InChI is InChI=1S/C15H17N3O2/c1-9-4-6-12(7-5-9)10(2)17-15-16-8-13(14(19)20)11(3)18-15/h4-8,10H,1-3H3,(H,19,20)(H,16,17,18). The molecule has 0 bridgehead atoms. The average Bonchev–Trinajstić information content (AvgIpc) is 2.39. The summed E-state index contributed by atoms with van der Waals surface area (Å²) in [5.41, 5.74) is 2.91. The van der Waals surface area contributed by atoms with Crippen molar-refractivity contribution in [3.8, 4) is 0 Å². The highest BCUT2D eigenvalue weighted by molar-refractivity contribution is 5.88. The first-order chi connectivity index (χ1) is 9.47. The molecule has 0 fully saturated rings. The van der Waals surface area contributed by atoms with E-state index in [2.05, 4.69) is 15.3 Å². The first-order valence-corrected chi connectivity index (χ1v) is 6.37. The quantitative estimate of drug-likeness (QED) is 0.894. The van der Waals surface area contributed by atoms with Crippen LogP contribution in [0.2, 0.25) is 0 Å². The predicted molar refractivity (Wildman–Crippen MR) is 76.9 cm³/mol. The summed E-state index contributed by atoms with van der Waals surface area (Å²) >= 11 is 0. The van der Waals surface area contributed by atoms with Gasteiger partial charge in [0.05, 0.1) is 17.3 Å². The topological polar surface area (TPSA) is 75.1 Å². The lowest BCUT2D eigenvalue weighted by molar-refractivity contribution is 0.0695. The average molecular weight is 271 g/mol. The number of rotatable bonds is 4. The van der Waals surface area contributed by atoms with Gasteiger partial charge in [-0.15, -0.1) is 0 Å². The largest absolute Gasteiger partial charge is 0.478 e. The summed E-state index contributed by atoms with van der Waals surface area (Å²) in [7, 11) is 0. The van der Waals surface area contributed by atoms with E-state index in [1.807, 2.05) is 38.1 Å². The van der Waals surface area contributed by atoms with Gasteiger partial charge in [-0.05, 0) is 26.3 Å². The number of aryl methyl sites for hydroxylation is 2. The molecule has 0 amide bonds. The third kappa shape index (κ3) is 3.12. The molecule has 5 heteroatoms. The normalized spacial score (nSPS) is 11.9. The van der Waals surface area contributed by atoms with Gasteiger partial charge in [-0.3, -0.25) is 0 Å². The van der Waals surface area contributed by atoms with Gasteiger partial charge in [0.25, 0.3) is 0 Å². The SMILES string of the molecule is Cc1ccc(C(C)Nc2ncc(C(=O)O)c(C)n2)cc1. The van der Waals surface area contributed by atoms with Crippen LogP contribution in [0.15, 0.2) is 30.5 Å². The Hall–Kier alpha value is -2.43. The number of benzene rings is 1. The molecule has 0 aliphatic heterocycles. The lowest BCUT2D eigenvalue weighted by Crippen LogP contribution is -2.12. The summed E-state index contributed by atoms with van der Waals surface area (Å²) < 4.78 is 0. The number of aromatic nitrogens is 2. The first kappa shape index (κ1) is 14.0. The Balaban J connectivity index is 2.15. The first-order valence-electron chi connectivity index (χ1n) is 6.37. The van der Waals surface area contributed by atoms with E-state index >= 15 is 0 Å². The highest BCUT2D eigenvalue weighted by atomic mass is 16.4. The number of nitrogens with zero attached hydrogens (tertiary/aromatic N) is 2. The molecule has 0 spiro atoms. The minimum Gasteiger partial charge on any atom is -0.478 e. The van der Waals surface area contributed by atoms with Gasteiger partial charge in [0, 0.05) is 6.20 Å².